The van der Waals surface area contributed by atoms with Crippen LogP contribution in [-0.2, 0) is 4.79 Å². The van der Waals surface area contributed by atoms with E-state index in [0.717, 1.165) is 30.3 Å². The second kappa shape index (κ2) is 7.34. The summed E-state index contributed by atoms with van der Waals surface area (Å²) in [7, 11) is 0. The number of aromatic nitrogens is 3. The molecule has 2 N–H and O–H groups in total. The first-order valence-electron chi connectivity index (χ1n) is 8.55. The maximum atomic E-state index is 12.0. The second-order valence-corrected chi connectivity index (χ2v) is 6.09. The summed E-state index contributed by atoms with van der Waals surface area (Å²) in [6.07, 6.45) is 3.47. The van der Waals surface area contributed by atoms with Crippen molar-refractivity contribution in [2.75, 3.05) is 5.32 Å². The lowest BCUT2D eigenvalue weighted by Crippen LogP contribution is -2.12. The van der Waals surface area contributed by atoms with Gasteiger partial charge in [0, 0.05) is 17.7 Å². The maximum Gasteiger partial charge on any atom is 0.224 e. The van der Waals surface area contributed by atoms with Gasteiger partial charge in [0.2, 0.25) is 5.91 Å². The highest BCUT2D eigenvalue weighted by atomic mass is 16.3. The van der Waals surface area contributed by atoms with Crippen LogP contribution in [0.15, 0.2) is 36.4 Å². The lowest BCUT2D eigenvalue weighted by molar-refractivity contribution is -0.116. The fourth-order valence-corrected chi connectivity index (χ4v) is 2.70. The van der Waals surface area contributed by atoms with E-state index >= 15 is 0 Å². The van der Waals surface area contributed by atoms with E-state index in [1.807, 2.05) is 24.3 Å². The Kier molecular flexibility index (Phi) is 4.97. The fraction of sp³-hybridized carbons (Fsp3) is 0.316. The second-order valence-electron chi connectivity index (χ2n) is 6.09. The molecule has 0 aliphatic carbocycles. The minimum Gasteiger partial charge on any atom is -0.505 e. The summed E-state index contributed by atoms with van der Waals surface area (Å²) in [4.78, 5) is 13.4. The Morgan fingerprint density at radius 3 is 2.44 bits per heavy atom. The van der Waals surface area contributed by atoms with Gasteiger partial charge in [-0.05, 0) is 37.6 Å². The Labute approximate surface area is 146 Å². The van der Waals surface area contributed by atoms with Crippen molar-refractivity contribution in [3.05, 3.63) is 42.0 Å². The third-order valence-corrected chi connectivity index (χ3v) is 4.19. The molecule has 0 bridgehead atoms. The number of aromatic hydroxyl groups is 1. The van der Waals surface area contributed by atoms with Gasteiger partial charge in [0.25, 0.3) is 0 Å². The first kappa shape index (κ1) is 17.0. The van der Waals surface area contributed by atoms with Gasteiger partial charge in [0.1, 0.15) is 22.5 Å². The van der Waals surface area contributed by atoms with Gasteiger partial charge < -0.3 is 10.4 Å². The molecule has 0 aliphatic rings. The van der Waals surface area contributed by atoms with Crippen molar-refractivity contribution in [3.8, 4) is 11.4 Å². The van der Waals surface area contributed by atoms with E-state index in [1.54, 1.807) is 19.1 Å². The highest BCUT2D eigenvalue weighted by Gasteiger charge is 2.14. The zero-order valence-electron chi connectivity index (χ0n) is 14.5. The predicted octanol–water partition coefficient (Wildman–Crippen LogP) is 3.95. The Hall–Kier alpha value is -2.89. The van der Waals surface area contributed by atoms with E-state index in [-0.39, 0.29) is 11.7 Å². The number of hydrogen-bond acceptors (Lipinski definition) is 4. The number of carbonyl (C=O) groups excluding carboxylic acids is 1. The minimum absolute atomic E-state index is 0.0355. The van der Waals surface area contributed by atoms with Crippen LogP contribution >= 0.6 is 0 Å². The standard InChI is InChI=1S/C19H22N4O2/c1-3-4-5-10-18(24)20-14-11-12-17(19(25)13(14)2)23-21-15-8-6-7-9-16(15)22-23/h6-9,11-12,25H,3-5,10H2,1-2H3,(H,20,24). The van der Waals surface area contributed by atoms with E-state index in [1.165, 1.54) is 4.80 Å². The molecule has 0 spiro atoms. The van der Waals surface area contributed by atoms with Crippen LogP contribution in [0.25, 0.3) is 16.7 Å². The van der Waals surface area contributed by atoms with Crippen molar-refractivity contribution in [2.24, 2.45) is 0 Å². The number of rotatable bonds is 6. The van der Waals surface area contributed by atoms with Crippen LogP contribution < -0.4 is 5.32 Å². The van der Waals surface area contributed by atoms with Crippen molar-refractivity contribution in [1.29, 1.82) is 0 Å². The number of phenols is 1. The first-order chi connectivity index (χ1) is 12.1. The molecule has 130 valence electrons. The van der Waals surface area contributed by atoms with Gasteiger partial charge in [0.15, 0.2) is 0 Å². The highest BCUT2D eigenvalue weighted by molar-refractivity contribution is 5.92. The van der Waals surface area contributed by atoms with Crippen LogP contribution in [-0.4, -0.2) is 26.0 Å². The van der Waals surface area contributed by atoms with E-state index in [2.05, 4.69) is 22.4 Å². The fourth-order valence-electron chi connectivity index (χ4n) is 2.70. The first-order valence-corrected chi connectivity index (χ1v) is 8.55. The molecule has 0 saturated heterocycles. The molecule has 0 radical (unpaired) electrons. The lowest BCUT2D eigenvalue weighted by atomic mass is 10.1. The minimum atomic E-state index is -0.0355. The van der Waals surface area contributed by atoms with Gasteiger partial charge in [-0.3, -0.25) is 4.79 Å². The largest absolute Gasteiger partial charge is 0.505 e. The Morgan fingerprint density at radius 1 is 1.12 bits per heavy atom. The van der Waals surface area contributed by atoms with Gasteiger partial charge in [-0.2, -0.15) is 0 Å². The molecule has 0 atom stereocenters. The molecule has 3 aromatic rings. The highest BCUT2D eigenvalue weighted by Crippen LogP contribution is 2.31. The number of hydrogen-bond donors (Lipinski definition) is 2. The van der Waals surface area contributed by atoms with Crippen LogP contribution in [0.5, 0.6) is 5.75 Å². The topological polar surface area (TPSA) is 80.0 Å². The summed E-state index contributed by atoms with van der Waals surface area (Å²) in [5, 5.41) is 22.2. The van der Waals surface area contributed by atoms with Crippen molar-refractivity contribution >= 4 is 22.6 Å². The molecule has 0 unspecified atom stereocenters. The Bertz CT molecular complexity index is 869. The monoisotopic (exact) mass is 338 g/mol. The number of nitrogens with zero attached hydrogens (tertiary/aromatic N) is 3. The predicted molar refractivity (Wildman–Crippen MR) is 98.0 cm³/mol. The number of unbranched alkanes of at least 4 members (excludes halogenated alkanes) is 2. The van der Waals surface area contributed by atoms with E-state index < -0.39 is 0 Å². The molecule has 1 heterocycles. The quantitative estimate of drug-likeness (QED) is 0.667. The van der Waals surface area contributed by atoms with Gasteiger partial charge in [0.05, 0.1) is 0 Å². The molecule has 6 nitrogen and oxygen atoms in total. The molecule has 1 amide bonds. The number of nitrogens with one attached hydrogen (secondary N) is 1. The van der Waals surface area contributed by atoms with Crippen molar-refractivity contribution in [3.63, 3.8) is 0 Å². The lowest BCUT2D eigenvalue weighted by Gasteiger charge is -2.12. The summed E-state index contributed by atoms with van der Waals surface area (Å²) in [6, 6.07) is 11.0. The molecule has 0 aliphatic heterocycles. The van der Waals surface area contributed by atoms with Crippen LogP contribution in [0.4, 0.5) is 5.69 Å². The number of anilines is 1. The smallest absolute Gasteiger partial charge is 0.224 e. The van der Waals surface area contributed by atoms with Crippen LogP contribution in [0, 0.1) is 6.92 Å². The van der Waals surface area contributed by atoms with Crippen LogP contribution in [0.1, 0.15) is 38.2 Å². The molecule has 2 aromatic carbocycles. The molecule has 0 fully saturated rings. The average Bonchev–Trinajstić information content (AvgIpc) is 3.03. The van der Waals surface area contributed by atoms with Crippen molar-refractivity contribution < 1.29 is 9.90 Å². The van der Waals surface area contributed by atoms with Gasteiger partial charge >= 0.3 is 0 Å². The molecule has 3 rings (SSSR count). The zero-order valence-corrected chi connectivity index (χ0v) is 14.5. The molecular formula is C19H22N4O2. The van der Waals surface area contributed by atoms with Crippen molar-refractivity contribution in [1.82, 2.24) is 15.0 Å². The normalized spacial score (nSPS) is 11.0. The third kappa shape index (κ3) is 3.63. The summed E-state index contributed by atoms with van der Waals surface area (Å²) in [5.41, 5.74) is 3.21. The summed E-state index contributed by atoms with van der Waals surface area (Å²) < 4.78 is 0. The van der Waals surface area contributed by atoms with E-state index in [4.69, 9.17) is 0 Å². The average molecular weight is 338 g/mol. The maximum absolute atomic E-state index is 12.0. The summed E-state index contributed by atoms with van der Waals surface area (Å²) in [6.45, 7) is 3.87. The SMILES string of the molecule is CCCCCC(=O)Nc1ccc(-n2nc3ccccc3n2)c(O)c1C. The summed E-state index contributed by atoms with van der Waals surface area (Å²) >= 11 is 0. The van der Waals surface area contributed by atoms with Crippen molar-refractivity contribution in [2.45, 2.75) is 39.5 Å². The number of fused-ring (bicyclic) bond motifs is 1. The molecule has 6 heteroatoms. The van der Waals surface area contributed by atoms with E-state index in [0.29, 0.717) is 23.4 Å². The molecule has 25 heavy (non-hydrogen) atoms. The van der Waals surface area contributed by atoms with Gasteiger partial charge in [-0.15, -0.1) is 15.0 Å². The third-order valence-electron chi connectivity index (χ3n) is 4.19. The van der Waals surface area contributed by atoms with E-state index in [9.17, 15) is 9.90 Å². The number of phenolic OH excluding ortho intramolecular Hbond substituents is 1. The molecular weight excluding hydrogens is 316 g/mol. The molecule has 0 saturated carbocycles. The number of benzene rings is 2. The summed E-state index contributed by atoms with van der Waals surface area (Å²) in [5.74, 6) is 0.0262. The van der Waals surface area contributed by atoms with Crippen LogP contribution in [0.3, 0.4) is 0 Å². The van der Waals surface area contributed by atoms with Gasteiger partial charge in [-0.25, -0.2) is 0 Å². The number of amides is 1. The number of carbonyl (C=O) groups is 1. The molecule has 1 aromatic heterocycles. The Morgan fingerprint density at radius 2 is 1.80 bits per heavy atom. The van der Waals surface area contributed by atoms with Crippen LogP contribution in [0.2, 0.25) is 0 Å². The van der Waals surface area contributed by atoms with Gasteiger partial charge in [-0.1, -0.05) is 31.9 Å². The zero-order chi connectivity index (χ0) is 17.8. The Balaban J connectivity index is 1.83.